The van der Waals surface area contributed by atoms with E-state index in [0.29, 0.717) is 0 Å². The largest absolute Gasteiger partial charge is 0.491 e. The van der Waals surface area contributed by atoms with Crippen LogP contribution >= 0.6 is 0 Å². The van der Waals surface area contributed by atoms with Gasteiger partial charge in [0.2, 0.25) is 0 Å². The van der Waals surface area contributed by atoms with E-state index in [2.05, 4.69) is 15.2 Å². The van der Waals surface area contributed by atoms with E-state index in [1.165, 1.54) is 17.9 Å². The molecule has 116 valence electrons. The molecule has 6 nitrogen and oxygen atoms in total. The Hall–Kier alpha value is -1.77. The van der Waals surface area contributed by atoms with Gasteiger partial charge in [0.25, 0.3) is 5.88 Å². The topological polar surface area (TPSA) is 65.4 Å². The molecular weight excluding hydrogens is 291 g/mol. The molecule has 21 heavy (non-hydrogen) atoms. The van der Waals surface area contributed by atoms with Crippen molar-refractivity contribution in [2.45, 2.75) is 25.1 Å². The number of rotatable bonds is 3. The van der Waals surface area contributed by atoms with Crippen LogP contribution < -0.4 is 10.1 Å². The van der Waals surface area contributed by atoms with Gasteiger partial charge in [-0.05, 0) is 12.8 Å². The molecule has 1 aliphatic carbocycles. The van der Waals surface area contributed by atoms with Crippen molar-refractivity contribution < 1.29 is 27.4 Å². The molecular formula is C12H14F3N3O3. The lowest BCUT2D eigenvalue weighted by molar-refractivity contribution is -0.189. The monoisotopic (exact) mass is 305 g/mol. The number of nitrogens with zero attached hydrogens (tertiary/aromatic N) is 2. The third-order valence-electron chi connectivity index (χ3n) is 3.75. The molecule has 0 aromatic carbocycles. The van der Waals surface area contributed by atoms with E-state index in [4.69, 9.17) is 4.74 Å². The second kappa shape index (κ2) is 4.62. The zero-order chi connectivity index (χ0) is 15.3. The second-order valence-corrected chi connectivity index (χ2v) is 5.65. The Morgan fingerprint density at radius 1 is 1.52 bits per heavy atom. The molecule has 2 heterocycles. The number of anilines is 1. The lowest BCUT2D eigenvalue weighted by atomic mass is 9.64. The van der Waals surface area contributed by atoms with Crippen molar-refractivity contribution in [2.75, 3.05) is 18.5 Å². The van der Waals surface area contributed by atoms with E-state index in [0.717, 1.165) is 26.1 Å². The number of aryl methyl sites for hydroxylation is 1. The predicted molar refractivity (Wildman–Crippen MR) is 64.8 cm³/mol. The number of carbonyl (C=O) groups excluding carboxylic acids is 1. The van der Waals surface area contributed by atoms with Crippen molar-refractivity contribution in [2.24, 2.45) is 12.5 Å². The number of carbonyl (C=O) groups is 1. The van der Waals surface area contributed by atoms with Crippen molar-refractivity contribution in [3.63, 3.8) is 0 Å². The minimum atomic E-state index is -5.04. The van der Waals surface area contributed by atoms with Gasteiger partial charge in [-0.3, -0.25) is 4.68 Å². The minimum absolute atomic E-state index is 0.126. The zero-order valence-corrected chi connectivity index (χ0v) is 11.2. The first-order valence-corrected chi connectivity index (χ1v) is 6.44. The highest BCUT2D eigenvalue weighted by atomic mass is 19.4. The Balaban J connectivity index is 1.64. The van der Waals surface area contributed by atoms with Crippen LogP contribution in [0.25, 0.3) is 0 Å². The molecule has 0 amide bonds. The van der Waals surface area contributed by atoms with Crippen LogP contribution in [-0.4, -0.2) is 41.2 Å². The number of nitrogens with one attached hydrogen (secondary N) is 1. The van der Waals surface area contributed by atoms with Gasteiger partial charge in [0, 0.05) is 18.5 Å². The normalized spacial score (nSPS) is 20.8. The predicted octanol–water partition coefficient (Wildman–Crippen LogP) is 1.48. The van der Waals surface area contributed by atoms with Crippen LogP contribution in [0.5, 0.6) is 5.88 Å². The van der Waals surface area contributed by atoms with Gasteiger partial charge in [-0.2, -0.15) is 13.2 Å². The zero-order valence-electron chi connectivity index (χ0n) is 11.2. The summed E-state index contributed by atoms with van der Waals surface area (Å²) in [6, 6.07) is 0.126. The molecule has 1 aliphatic heterocycles. The fraction of sp³-hybridized carbons (Fsp3) is 0.667. The van der Waals surface area contributed by atoms with E-state index in [1.807, 2.05) is 0 Å². The molecule has 3 rings (SSSR count). The van der Waals surface area contributed by atoms with Gasteiger partial charge in [0.15, 0.2) is 0 Å². The number of alkyl halides is 3. The van der Waals surface area contributed by atoms with Crippen LogP contribution in [0.4, 0.5) is 18.9 Å². The first-order chi connectivity index (χ1) is 9.77. The molecule has 0 radical (unpaired) electrons. The Kier molecular flexibility index (Phi) is 3.12. The maximum Gasteiger partial charge on any atom is 0.491 e. The molecule has 0 atom stereocenters. The number of halogens is 3. The number of hydrogen-bond acceptors (Lipinski definition) is 5. The third-order valence-corrected chi connectivity index (χ3v) is 3.75. The van der Waals surface area contributed by atoms with E-state index in [-0.39, 0.29) is 23.0 Å². The van der Waals surface area contributed by atoms with Gasteiger partial charge < -0.3 is 14.8 Å². The van der Waals surface area contributed by atoms with E-state index in [9.17, 15) is 18.0 Å². The van der Waals surface area contributed by atoms with Crippen LogP contribution in [0.15, 0.2) is 6.20 Å². The summed E-state index contributed by atoms with van der Waals surface area (Å²) in [7, 11) is 1.54. The van der Waals surface area contributed by atoms with Gasteiger partial charge in [-0.15, -0.1) is 5.10 Å². The van der Waals surface area contributed by atoms with Gasteiger partial charge >= 0.3 is 12.1 Å². The summed E-state index contributed by atoms with van der Waals surface area (Å²) >= 11 is 0. The number of esters is 1. The molecule has 1 saturated carbocycles. The molecule has 2 fully saturated rings. The molecule has 1 spiro atoms. The van der Waals surface area contributed by atoms with Crippen LogP contribution in [0, 0.1) is 5.41 Å². The smallest absolute Gasteiger partial charge is 0.397 e. The summed E-state index contributed by atoms with van der Waals surface area (Å²) in [5.74, 6) is -2.63. The van der Waals surface area contributed by atoms with E-state index < -0.39 is 12.1 Å². The fourth-order valence-electron chi connectivity index (χ4n) is 2.72. The summed E-state index contributed by atoms with van der Waals surface area (Å²) in [5.41, 5.74) is 0.512. The lowest BCUT2D eigenvalue weighted by Gasteiger charge is -2.53. The molecule has 9 heteroatoms. The SMILES string of the molecule is Cn1cc(NC2CC3(COC3)C2)c(OC(=O)C(F)(F)F)n1. The highest BCUT2D eigenvalue weighted by Gasteiger charge is 2.50. The van der Waals surface area contributed by atoms with Crippen molar-refractivity contribution in [3.8, 4) is 5.88 Å². The van der Waals surface area contributed by atoms with Crippen molar-refractivity contribution >= 4 is 11.7 Å². The maximum absolute atomic E-state index is 12.2. The number of ether oxygens (including phenoxy) is 2. The highest BCUT2D eigenvalue weighted by Crippen LogP contribution is 2.48. The van der Waals surface area contributed by atoms with Crippen molar-refractivity contribution in [3.05, 3.63) is 6.20 Å². The van der Waals surface area contributed by atoms with E-state index in [1.54, 1.807) is 0 Å². The third kappa shape index (κ3) is 2.69. The summed E-state index contributed by atoms with van der Waals surface area (Å²) in [5, 5.41) is 6.80. The molecule has 0 bridgehead atoms. The van der Waals surface area contributed by atoms with Crippen LogP contribution in [0.1, 0.15) is 12.8 Å². The Labute approximate surface area is 118 Å². The quantitative estimate of drug-likeness (QED) is 0.857. The van der Waals surface area contributed by atoms with Gasteiger partial charge in [-0.25, -0.2) is 4.79 Å². The fourth-order valence-corrected chi connectivity index (χ4v) is 2.72. The molecule has 1 N–H and O–H groups in total. The van der Waals surface area contributed by atoms with Crippen molar-refractivity contribution in [1.29, 1.82) is 0 Å². The average molecular weight is 305 g/mol. The molecule has 1 aromatic heterocycles. The number of aromatic nitrogens is 2. The molecule has 0 unspecified atom stereocenters. The minimum Gasteiger partial charge on any atom is -0.397 e. The average Bonchev–Trinajstić information content (AvgIpc) is 2.59. The Morgan fingerprint density at radius 3 is 2.71 bits per heavy atom. The van der Waals surface area contributed by atoms with Gasteiger partial charge in [-0.1, -0.05) is 0 Å². The van der Waals surface area contributed by atoms with Crippen LogP contribution in [0.2, 0.25) is 0 Å². The van der Waals surface area contributed by atoms with Crippen LogP contribution in [0.3, 0.4) is 0 Å². The van der Waals surface area contributed by atoms with Gasteiger partial charge in [0.05, 0.1) is 19.4 Å². The summed E-state index contributed by atoms with van der Waals surface area (Å²) in [6.45, 7) is 1.46. The first kappa shape index (κ1) is 14.2. The lowest BCUT2D eigenvalue weighted by Crippen LogP contribution is -2.56. The Bertz CT molecular complexity index is 558. The summed E-state index contributed by atoms with van der Waals surface area (Å²) < 4.78 is 47.4. The highest BCUT2D eigenvalue weighted by molar-refractivity contribution is 5.79. The van der Waals surface area contributed by atoms with Crippen molar-refractivity contribution in [1.82, 2.24) is 9.78 Å². The molecule has 1 saturated heterocycles. The standard InChI is InChI=1S/C12H14F3N3O3/c1-18-4-8(9(17-18)21-10(19)12(13,14)15)16-7-2-11(3-7)5-20-6-11/h4,7,16H,2-3,5-6H2,1H3. The number of hydrogen-bond donors (Lipinski definition) is 1. The van der Waals surface area contributed by atoms with E-state index >= 15 is 0 Å². The first-order valence-electron chi connectivity index (χ1n) is 6.44. The van der Waals surface area contributed by atoms with Gasteiger partial charge in [0.1, 0.15) is 5.69 Å². The molecule has 2 aliphatic rings. The summed E-state index contributed by atoms with van der Waals surface area (Å²) in [6.07, 6.45) is -1.79. The van der Waals surface area contributed by atoms with Crippen LogP contribution in [-0.2, 0) is 16.6 Å². The Morgan fingerprint density at radius 2 is 2.19 bits per heavy atom. The molecule has 1 aromatic rings. The maximum atomic E-state index is 12.2. The second-order valence-electron chi connectivity index (χ2n) is 5.65. The summed E-state index contributed by atoms with van der Waals surface area (Å²) in [4.78, 5) is 10.9.